The summed E-state index contributed by atoms with van der Waals surface area (Å²) in [6.07, 6.45) is 1.77. The van der Waals surface area contributed by atoms with Gasteiger partial charge in [-0.2, -0.15) is 5.10 Å². The first-order valence-corrected chi connectivity index (χ1v) is 6.52. The number of aromatic nitrogens is 2. The lowest BCUT2D eigenvalue weighted by atomic mass is 10.2. The van der Waals surface area contributed by atoms with Crippen LogP contribution in [0.5, 0.6) is 0 Å². The van der Waals surface area contributed by atoms with Crippen LogP contribution < -0.4 is 5.43 Å². The first kappa shape index (κ1) is 15.2. The van der Waals surface area contributed by atoms with Crippen LogP contribution in [0, 0.1) is 5.82 Å². The Kier molecular flexibility index (Phi) is 4.37. The molecule has 0 aliphatic rings. The second-order valence-electron chi connectivity index (χ2n) is 4.22. The third-order valence-corrected chi connectivity index (χ3v) is 3.14. The van der Waals surface area contributed by atoms with Crippen molar-refractivity contribution in [3.05, 3.63) is 56.7 Å². The minimum Gasteiger partial charge on any atom is -0.464 e. The SMILES string of the molecule is CCc1cn(-c2ccc(Cl)cc2F)nc(C(=O)OC)c1=O. The molecule has 0 bridgehead atoms. The number of methoxy groups -OCH3 is 1. The van der Waals surface area contributed by atoms with Gasteiger partial charge in [-0.25, -0.2) is 13.9 Å². The van der Waals surface area contributed by atoms with Crippen LogP contribution in [0.15, 0.2) is 29.2 Å². The van der Waals surface area contributed by atoms with E-state index >= 15 is 0 Å². The maximum Gasteiger partial charge on any atom is 0.362 e. The largest absolute Gasteiger partial charge is 0.464 e. The van der Waals surface area contributed by atoms with Gasteiger partial charge in [-0.15, -0.1) is 0 Å². The summed E-state index contributed by atoms with van der Waals surface area (Å²) in [5.74, 6) is -1.48. The summed E-state index contributed by atoms with van der Waals surface area (Å²) in [6.45, 7) is 1.75. The second kappa shape index (κ2) is 6.05. The van der Waals surface area contributed by atoms with Crippen molar-refractivity contribution < 1.29 is 13.9 Å². The van der Waals surface area contributed by atoms with Crippen molar-refractivity contribution in [1.29, 1.82) is 0 Å². The molecule has 0 radical (unpaired) electrons. The van der Waals surface area contributed by atoms with Crippen LogP contribution in [-0.4, -0.2) is 22.9 Å². The standard InChI is InChI=1S/C14H12ClFN2O3/c1-3-8-7-18(11-5-4-9(15)6-10(11)16)17-12(13(8)19)14(20)21-2/h4-7H,3H2,1-2H3. The molecule has 110 valence electrons. The van der Waals surface area contributed by atoms with E-state index in [1.807, 2.05) is 0 Å². The van der Waals surface area contributed by atoms with Crippen molar-refractivity contribution in [1.82, 2.24) is 9.78 Å². The lowest BCUT2D eigenvalue weighted by Crippen LogP contribution is -2.25. The maximum absolute atomic E-state index is 13.9. The van der Waals surface area contributed by atoms with E-state index in [0.29, 0.717) is 12.0 Å². The molecule has 2 aromatic rings. The van der Waals surface area contributed by atoms with E-state index in [4.69, 9.17) is 11.6 Å². The van der Waals surface area contributed by atoms with Gasteiger partial charge in [0.25, 0.3) is 0 Å². The molecular weight excluding hydrogens is 299 g/mol. The van der Waals surface area contributed by atoms with Crippen LogP contribution in [0.4, 0.5) is 4.39 Å². The summed E-state index contributed by atoms with van der Waals surface area (Å²) in [5, 5.41) is 4.10. The molecule has 2 rings (SSSR count). The number of ether oxygens (including phenoxy) is 1. The quantitative estimate of drug-likeness (QED) is 0.817. The average Bonchev–Trinajstić information content (AvgIpc) is 2.47. The van der Waals surface area contributed by atoms with E-state index in [1.54, 1.807) is 6.92 Å². The molecule has 0 unspecified atom stereocenters. The minimum absolute atomic E-state index is 0.0826. The van der Waals surface area contributed by atoms with Crippen molar-refractivity contribution in [2.75, 3.05) is 7.11 Å². The molecule has 1 aromatic heterocycles. The van der Waals surface area contributed by atoms with Gasteiger partial charge >= 0.3 is 5.97 Å². The number of halogens is 2. The highest BCUT2D eigenvalue weighted by Crippen LogP contribution is 2.17. The number of nitrogens with zero attached hydrogens (tertiary/aromatic N) is 2. The summed E-state index contributed by atoms with van der Waals surface area (Å²) in [6, 6.07) is 4.03. The normalized spacial score (nSPS) is 10.5. The van der Waals surface area contributed by atoms with Crippen LogP contribution in [0.2, 0.25) is 5.02 Å². The molecule has 0 saturated carbocycles. The van der Waals surface area contributed by atoms with Gasteiger partial charge in [0.1, 0.15) is 11.5 Å². The molecule has 21 heavy (non-hydrogen) atoms. The zero-order valence-electron chi connectivity index (χ0n) is 11.4. The number of aryl methyl sites for hydroxylation is 1. The lowest BCUT2D eigenvalue weighted by molar-refractivity contribution is 0.0590. The van der Waals surface area contributed by atoms with E-state index < -0.39 is 17.2 Å². The lowest BCUT2D eigenvalue weighted by Gasteiger charge is -2.10. The van der Waals surface area contributed by atoms with Gasteiger partial charge < -0.3 is 4.74 Å². The zero-order valence-corrected chi connectivity index (χ0v) is 12.1. The van der Waals surface area contributed by atoms with Crippen molar-refractivity contribution >= 4 is 17.6 Å². The Bertz CT molecular complexity index is 758. The van der Waals surface area contributed by atoms with E-state index in [9.17, 15) is 14.0 Å². The van der Waals surface area contributed by atoms with Crippen LogP contribution in [0.25, 0.3) is 5.69 Å². The number of rotatable bonds is 3. The fraction of sp³-hybridized carbons (Fsp3) is 0.214. The number of carbonyl (C=O) groups excluding carboxylic acids is 1. The van der Waals surface area contributed by atoms with Gasteiger partial charge in [-0.1, -0.05) is 18.5 Å². The van der Waals surface area contributed by atoms with Crippen LogP contribution >= 0.6 is 11.6 Å². The summed E-state index contributed by atoms with van der Waals surface area (Å²) in [4.78, 5) is 23.6. The fourth-order valence-electron chi connectivity index (χ4n) is 1.81. The predicted molar refractivity (Wildman–Crippen MR) is 75.5 cm³/mol. The van der Waals surface area contributed by atoms with Crippen LogP contribution in [-0.2, 0) is 11.2 Å². The van der Waals surface area contributed by atoms with Gasteiger partial charge in [-0.05, 0) is 24.6 Å². The first-order valence-electron chi connectivity index (χ1n) is 6.14. The van der Waals surface area contributed by atoms with Gasteiger partial charge in [0.15, 0.2) is 0 Å². The Morgan fingerprint density at radius 1 is 1.48 bits per heavy atom. The van der Waals surface area contributed by atoms with Gasteiger partial charge in [-0.3, -0.25) is 4.79 Å². The van der Waals surface area contributed by atoms with Crippen LogP contribution in [0.1, 0.15) is 23.0 Å². The van der Waals surface area contributed by atoms with E-state index in [0.717, 1.165) is 17.9 Å². The number of benzene rings is 1. The van der Waals surface area contributed by atoms with Gasteiger partial charge in [0.2, 0.25) is 11.1 Å². The maximum atomic E-state index is 13.9. The Morgan fingerprint density at radius 2 is 2.19 bits per heavy atom. The third-order valence-electron chi connectivity index (χ3n) is 2.91. The van der Waals surface area contributed by atoms with Crippen LogP contribution in [0.3, 0.4) is 0 Å². The highest BCUT2D eigenvalue weighted by molar-refractivity contribution is 6.30. The summed E-state index contributed by atoms with van der Waals surface area (Å²) < 4.78 is 19.6. The van der Waals surface area contributed by atoms with Crippen molar-refractivity contribution in [2.24, 2.45) is 0 Å². The first-order chi connectivity index (χ1) is 9.97. The topological polar surface area (TPSA) is 61.2 Å². The summed E-state index contributed by atoms with van der Waals surface area (Å²) in [5.41, 5.74) is -0.486. The number of carbonyl (C=O) groups is 1. The molecule has 7 heteroatoms. The van der Waals surface area contributed by atoms with Gasteiger partial charge in [0, 0.05) is 16.8 Å². The number of esters is 1. The molecule has 0 saturated heterocycles. The molecule has 0 amide bonds. The number of hydrogen-bond donors (Lipinski definition) is 0. The second-order valence-corrected chi connectivity index (χ2v) is 4.65. The van der Waals surface area contributed by atoms with Crippen molar-refractivity contribution in [2.45, 2.75) is 13.3 Å². The van der Waals surface area contributed by atoms with E-state index in [1.165, 1.54) is 18.3 Å². The molecule has 0 fully saturated rings. The van der Waals surface area contributed by atoms with E-state index in [-0.39, 0.29) is 16.4 Å². The van der Waals surface area contributed by atoms with Crippen molar-refractivity contribution in [3.63, 3.8) is 0 Å². The molecule has 5 nitrogen and oxygen atoms in total. The van der Waals surface area contributed by atoms with Gasteiger partial charge in [0.05, 0.1) is 7.11 Å². The third kappa shape index (κ3) is 2.95. The molecule has 1 aromatic carbocycles. The molecule has 0 aliphatic carbocycles. The molecular formula is C14H12ClFN2O3. The summed E-state index contributed by atoms with van der Waals surface area (Å²) >= 11 is 5.70. The fourth-order valence-corrected chi connectivity index (χ4v) is 1.97. The highest BCUT2D eigenvalue weighted by Gasteiger charge is 2.18. The Labute approximate surface area is 124 Å². The average molecular weight is 311 g/mol. The molecule has 0 spiro atoms. The monoisotopic (exact) mass is 310 g/mol. The Hall–Kier alpha value is -2.21. The minimum atomic E-state index is -0.863. The van der Waals surface area contributed by atoms with Crippen molar-refractivity contribution in [3.8, 4) is 5.69 Å². The zero-order chi connectivity index (χ0) is 15.6. The molecule has 1 heterocycles. The summed E-state index contributed by atoms with van der Waals surface area (Å²) in [7, 11) is 1.15. The predicted octanol–water partition coefficient (Wildman–Crippen LogP) is 2.37. The highest BCUT2D eigenvalue weighted by atomic mass is 35.5. The smallest absolute Gasteiger partial charge is 0.362 e. The molecule has 0 atom stereocenters. The molecule has 0 aliphatic heterocycles. The Balaban J connectivity index is 2.69. The van der Waals surface area contributed by atoms with E-state index in [2.05, 4.69) is 9.84 Å². The Morgan fingerprint density at radius 3 is 2.76 bits per heavy atom. The number of hydrogen-bond acceptors (Lipinski definition) is 4. The molecule has 0 N–H and O–H groups in total.